The molecule has 0 bridgehead atoms. The van der Waals surface area contributed by atoms with Crippen LogP contribution in [-0.4, -0.2) is 53.0 Å². The molecule has 1 aromatic carbocycles. The molecule has 0 atom stereocenters. The van der Waals surface area contributed by atoms with Crippen molar-refractivity contribution < 1.29 is 9.47 Å². The van der Waals surface area contributed by atoms with Crippen molar-refractivity contribution in [2.45, 2.75) is 24.7 Å². The van der Waals surface area contributed by atoms with Crippen LogP contribution in [-0.2, 0) is 14.9 Å². The van der Waals surface area contributed by atoms with Crippen LogP contribution in [0.2, 0.25) is 0 Å². The maximum absolute atomic E-state index is 5.45. The third-order valence-corrected chi connectivity index (χ3v) is 4.25. The van der Waals surface area contributed by atoms with Crippen molar-refractivity contribution in [3.8, 4) is 0 Å². The lowest BCUT2D eigenvalue weighted by Crippen LogP contribution is -2.41. The van der Waals surface area contributed by atoms with Crippen LogP contribution in [0.5, 0.6) is 0 Å². The molecule has 0 amide bonds. The van der Waals surface area contributed by atoms with E-state index < -0.39 is 0 Å². The number of hydrogen-bond acceptors (Lipinski definition) is 3. The van der Waals surface area contributed by atoms with Gasteiger partial charge in [-0.1, -0.05) is 30.3 Å². The Morgan fingerprint density at radius 1 is 1.13 bits per heavy atom. The van der Waals surface area contributed by atoms with Gasteiger partial charge in [0.1, 0.15) is 0 Å². The molecule has 1 aromatic rings. The first kappa shape index (κ1) is 17.8. The normalized spacial score (nSPS) is 16.2. The Kier molecular flexibility index (Phi) is 7.36. The molecule has 0 aliphatic heterocycles. The molecule has 128 valence electrons. The van der Waals surface area contributed by atoms with Gasteiger partial charge in [-0.25, -0.2) is 0 Å². The Morgan fingerprint density at radius 2 is 1.91 bits per heavy atom. The largest absolute Gasteiger partial charge is 0.382 e. The highest BCUT2D eigenvalue weighted by Crippen LogP contribution is 2.47. The minimum atomic E-state index is 0.294. The Bertz CT molecular complexity index is 472. The number of hydrogen-bond donors (Lipinski definition) is 2. The summed E-state index contributed by atoms with van der Waals surface area (Å²) in [5, 5.41) is 6.80. The lowest BCUT2D eigenvalue weighted by molar-refractivity contribution is 0.0698. The van der Waals surface area contributed by atoms with E-state index in [0.717, 1.165) is 32.1 Å². The van der Waals surface area contributed by atoms with Crippen LogP contribution in [0.1, 0.15) is 24.8 Å². The molecule has 2 rings (SSSR count). The molecule has 5 heteroatoms. The molecule has 1 aliphatic rings. The van der Waals surface area contributed by atoms with Gasteiger partial charge in [0.15, 0.2) is 5.96 Å². The van der Waals surface area contributed by atoms with Gasteiger partial charge in [-0.2, -0.15) is 0 Å². The number of nitrogens with one attached hydrogen (secondary N) is 2. The number of aliphatic imine (C=N–C) groups is 1. The highest BCUT2D eigenvalue weighted by Gasteiger charge is 2.43. The van der Waals surface area contributed by atoms with E-state index in [4.69, 9.17) is 9.47 Å². The summed E-state index contributed by atoms with van der Waals surface area (Å²) in [5.74, 6) is 0.865. The van der Waals surface area contributed by atoms with Crippen LogP contribution < -0.4 is 10.6 Å². The summed E-state index contributed by atoms with van der Waals surface area (Å²) < 4.78 is 10.4. The van der Waals surface area contributed by atoms with Gasteiger partial charge >= 0.3 is 0 Å². The first-order valence-corrected chi connectivity index (χ1v) is 8.37. The SMILES string of the molecule is CN=C(NCCCOCCOC)NCC1(c2ccccc2)CC1. The van der Waals surface area contributed by atoms with Crippen molar-refractivity contribution in [2.24, 2.45) is 4.99 Å². The third-order valence-electron chi connectivity index (χ3n) is 4.25. The molecule has 0 radical (unpaired) electrons. The summed E-state index contributed by atoms with van der Waals surface area (Å²) in [6.07, 6.45) is 3.44. The molecule has 5 nitrogen and oxygen atoms in total. The molecular formula is C18H29N3O2. The van der Waals surface area contributed by atoms with E-state index in [-0.39, 0.29) is 0 Å². The van der Waals surface area contributed by atoms with Crippen LogP contribution in [0.25, 0.3) is 0 Å². The fourth-order valence-electron chi connectivity index (χ4n) is 2.61. The van der Waals surface area contributed by atoms with Crippen LogP contribution >= 0.6 is 0 Å². The Hall–Kier alpha value is -1.59. The highest BCUT2D eigenvalue weighted by atomic mass is 16.5. The molecule has 1 fully saturated rings. The summed E-state index contributed by atoms with van der Waals surface area (Å²) in [7, 11) is 3.50. The minimum absolute atomic E-state index is 0.294. The lowest BCUT2D eigenvalue weighted by Gasteiger charge is -2.19. The van der Waals surface area contributed by atoms with Crippen LogP contribution in [0, 0.1) is 0 Å². The summed E-state index contributed by atoms with van der Waals surface area (Å²) in [5.41, 5.74) is 1.72. The number of rotatable bonds is 10. The van der Waals surface area contributed by atoms with Crippen LogP contribution in [0.15, 0.2) is 35.3 Å². The van der Waals surface area contributed by atoms with E-state index in [2.05, 4.69) is 46.0 Å². The van der Waals surface area contributed by atoms with Gasteiger partial charge in [0.25, 0.3) is 0 Å². The molecule has 23 heavy (non-hydrogen) atoms. The van der Waals surface area contributed by atoms with E-state index in [1.54, 1.807) is 7.11 Å². The van der Waals surface area contributed by atoms with E-state index in [0.29, 0.717) is 18.6 Å². The zero-order valence-corrected chi connectivity index (χ0v) is 14.3. The fourth-order valence-corrected chi connectivity index (χ4v) is 2.61. The topological polar surface area (TPSA) is 54.9 Å². The van der Waals surface area contributed by atoms with Gasteiger partial charge in [-0.3, -0.25) is 4.99 Å². The first-order chi connectivity index (χ1) is 11.3. The lowest BCUT2D eigenvalue weighted by atomic mass is 9.96. The van der Waals surface area contributed by atoms with E-state index >= 15 is 0 Å². The standard InChI is InChI=1S/C18H29N3O2/c1-19-17(20-11-6-12-23-14-13-22-2)21-15-18(9-10-18)16-7-4-3-5-8-16/h3-5,7-8H,6,9-15H2,1-2H3,(H2,19,20,21). The van der Waals surface area contributed by atoms with E-state index in [1.807, 2.05) is 7.05 Å². The quantitative estimate of drug-likeness (QED) is 0.393. The van der Waals surface area contributed by atoms with Gasteiger partial charge in [0.2, 0.25) is 0 Å². The number of methoxy groups -OCH3 is 1. The zero-order chi connectivity index (χ0) is 16.4. The van der Waals surface area contributed by atoms with Crippen molar-refractivity contribution in [3.63, 3.8) is 0 Å². The van der Waals surface area contributed by atoms with Crippen molar-refractivity contribution in [1.29, 1.82) is 0 Å². The number of guanidine groups is 1. The second-order valence-electron chi connectivity index (χ2n) is 5.96. The van der Waals surface area contributed by atoms with Crippen LogP contribution in [0.4, 0.5) is 0 Å². The average Bonchev–Trinajstić information content (AvgIpc) is 3.39. The van der Waals surface area contributed by atoms with Crippen molar-refractivity contribution in [1.82, 2.24) is 10.6 Å². The maximum Gasteiger partial charge on any atom is 0.191 e. The minimum Gasteiger partial charge on any atom is -0.382 e. The predicted molar refractivity (Wildman–Crippen MR) is 94.0 cm³/mol. The van der Waals surface area contributed by atoms with Crippen LogP contribution in [0.3, 0.4) is 0 Å². The van der Waals surface area contributed by atoms with Gasteiger partial charge in [0, 0.05) is 39.3 Å². The van der Waals surface area contributed by atoms with Crippen molar-refractivity contribution in [3.05, 3.63) is 35.9 Å². The Labute approximate surface area is 139 Å². The monoisotopic (exact) mass is 319 g/mol. The molecule has 0 spiro atoms. The number of benzene rings is 1. The van der Waals surface area contributed by atoms with Gasteiger partial charge in [-0.15, -0.1) is 0 Å². The van der Waals surface area contributed by atoms with Gasteiger partial charge < -0.3 is 20.1 Å². The Morgan fingerprint density at radius 3 is 2.57 bits per heavy atom. The smallest absolute Gasteiger partial charge is 0.191 e. The van der Waals surface area contributed by atoms with Crippen molar-refractivity contribution >= 4 is 5.96 Å². The fraction of sp³-hybridized carbons (Fsp3) is 0.611. The van der Waals surface area contributed by atoms with Gasteiger partial charge in [-0.05, 0) is 24.8 Å². The predicted octanol–water partition coefficient (Wildman–Crippen LogP) is 1.94. The summed E-state index contributed by atoms with van der Waals surface area (Å²) in [6, 6.07) is 10.8. The van der Waals surface area contributed by atoms with Crippen molar-refractivity contribution in [2.75, 3.05) is 47.1 Å². The molecule has 1 aliphatic carbocycles. The average molecular weight is 319 g/mol. The van der Waals surface area contributed by atoms with E-state index in [9.17, 15) is 0 Å². The van der Waals surface area contributed by atoms with Gasteiger partial charge in [0.05, 0.1) is 13.2 Å². The van der Waals surface area contributed by atoms with E-state index in [1.165, 1.54) is 18.4 Å². The second kappa shape index (κ2) is 9.53. The molecule has 2 N–H and O–H groups in total. The number of ether oxygens (including phenoxy) is 2. The molecule has 0 saturated heterocycles. The molecule has 0 aromatic heterocycles. The highest BCUT2D eigenvalue weighted by molar-refractivity contribution is 5.79. The second-order valence-corrected chi connectivity index (χ2v) is 5.96. The Balaban J connectivity index is 1.64. The third kappa shape index (κ3) is 5.84. The molecule has 1 saturated carbocycles. The molecule has 0 heterocycles. The number of nitrogens with zero attached hydrogens (tertiary/aromatic N) is 1. The molecule has 0 unspecified atom stereocenters. The summed E-state index contributed by atoms with van der Waals surface area (Å²) >= 11 is 0. The first-order valence-electron chi connectivity index (χ1n) is 8.37. The zero-order valence-electron chi connectivity index (χ0n) is 14.3. The molecular weight excluding hydrogens is 290 g/mol. The summed E-state index contributed by atoms with van der Waals surface area (Å²) in [6.45, 7) is 3.83. The maximum atomic E-state index is 5.45. The summed E-state index contributed by atoms with van der Waals surface area (Å²) in [4.78, 5) is 4.29.